The number of hydrogen-bond acceptors (Lipinski definition) is 2. The van der Waals surface area contributed by atoms with Crippen molar-refractivity contribution in [3.8, 4) is 0 Å². The molecule has 0 aromatic heterocycles. The van der Waals surface area contributed by atoms with Gasteiger partial charge in [0.05, 0.1) is 12.1 Å². The van der Waals surface area contributed by atoms with Crippen LogP contribution in [0.3, 0.4) is 0 Å². The molecule has 112 valence electrons. The van der Waals surface area contributed by atoms with Crippen molar-refractivity contribution in [1.29, 1.82) is 0 Å². The lowest BCUT2D eigenvalue weighted by atomic mass is 9.92. The van der Waals surface area contributed by atoms with E-state index in [1.165, 1.54) is 12.1 Å². The Morgan fingerprint density at radius 1 is 1.19 bits per heavy atom. The fraction of sp³-hybridized carbons (Fsp3) is 0.250. The van der Waals surface area contributed by atoms with Gasteiger partial charge in [-0.3, -0.25) is 0 Å². The van der Waals surface area contributed by atoms with E-state index in [4.69, 9.17) is 23.2 Å². The minimum Gasteiger partial charge on any atom is -0.394 e. The molecule has 0 heterocycles. The van der Waals surface area contributed by atoms with Crippen LogP contribution in [0, 0.1) is 12.7 Å². The highest BCUT2D eigenvalue weighted by Crippen LogP contribution is 2.33. The van der Waals surface area contributed by atoms with E-state index in [1.807, 2.05) is 0 Å². The van der Waals surface area contributed by atoms with Crippen molar-refractivity contribution in [1.82, 2.24) is 0 Å². The van der Waals surface area contributed by atoms with E-state index in [0.717, 1.165) is 5.56 Å². The van der Waals surface area contributed by atoms with E-state index in [-0.39, 0.29) is 12.4 Å². The van der Waals surface area contributed by atoms with Crippen LogP contribution in [0.4, 0.5) is 10.1 Å². The fourth-order valence-electron chi connectivity index (χ4n) is 2.26. The van der Waals surface area contributed by atoms with Gasteiger partial charge in [0.25, 0.3) is 0 Å². The normalized spacial score (nSPS) is 13.8. The van der Waals surface area contributed by atoms with Gasteiger partial charge in [-0.25, -0.2) is 4.39 Å². The summed E-state index contributed by atoms with van der Waals surface area (Å²) in [5, 5.41) is 13.9. The van der Waals surface area contributed by atoms with E-state index in [1.54, 1.807) is 38.1 Å². The van der Waals surface area contributed by atoms with Crippen LogP contribution in [0.25, 0.3) is 0 Å². The number of rotatable bonds is 4. The summed E-state index contributed by atoms with van der Waals surface area (Å²) < 4.78 is 13.5. The van der Waals surface area contributed by atoms with E-state index in [2.05, 4.69) is 5.32 Å². The maximum atomic E-state index is 13.5. The van der Waals surface area contributed by atoms with Gasteiger partial charge in [0.2, 0.25) is 0 Å². The molecule has 0 radical (unpaired) electrons. The van der Waals surface area contributed by atoms with Crippen LogP contribution in [0.2, 0.25) is 10.0 Å². The molecule has 0 aliphatic rings. The summed E-state index contributed by atoms with van der Waals surface area (Å²) in [7, 11) is 0. The van der Waals surface area contributed by atoms with E-state index < -0.39 is 5.54 Å². The minimum absolute atomic E-state index is 0.204. The van der Waals surface area contributed by atoms with Gasteiger partial charge < -0.3 is 10.4 Å². The summed E-state index contributed by atoms with van der Waals surface area (Å²) in [4.78, 5) is 0. The van der Waals surface area contributed by atoms with Gasteiger partial charge in [-0.05, 0) is 55.3 Å². The molecule has 0 spiro atoms. The summed E-state index contributed by atoms with van der Waals surface area (Å²) in [6.07, 6.45) is 0. The number of nitrogens with one attached hydrogen (secondary N) is 1. The third-order valence-electron chi connectivity index (χ3n) is 3.30. The predicted molar refractivity (Wildman–Crippen MR) is 85.7 cm³/mol. The molecule has 0 bridgehead atoms. The Kier molecular flexibility index (Phi) is 4.77. The molecule has 2 N–H and O–H groups in total. The lowest BCUT2D eigenvalue weighted by Crippen LogP contribution is -2.36. The van der Waals surface area contributed by atoms with E-state index in [9.17, 15) is 9.50 Å². The summed E-state index contributed by atoms with van der Waals surface area (Å²) in [5.41, 5.74) is 1.22. The average molecular weight is 328 g/mol. The Hall–Kier alpha value is -1.29. The molecule has 0 aliphatic carbocycles. The standard InChI is InChI=1S/C16H16Cl2FNO/c1-10-5-12(19)8-13(6-10)20-16(2,9-21)14-4-3-11(17)7-15(14)18/h3-8,20-21H,9H2,1-2H3. The quantitative estimate of drug-likeness (QED) is 0.848. The number of aliphatic hydroxyl groups excluding tert-OH is 1. The highest BCUT2D eigenvalue weighted by Gasteiger charge is 2.28. The monoisotopic (exact) mass is 327 g/mol. The number of aryl methyl sites for hydroxylation is 1. The maximum Gasteiger partial charge on any atom is 0.125 e. The molecule has 2 nitrogen and oxygen atoms in total. The van der Waals surface area contributed by atoms with Gasteiger partial charge in [-0.2, -0.15) is 0 Å². The van der Waals surface area contributed by atoms with Crippen LogP contribution in [-0.4, -0.2) is 11.7 Å². The Bertz CT molecular complexity index is 642. The second-order valence-electron chi connectivity index (χ2n) is 5.26. The molecule has 2 aromatic carbocycles. The number of anilines is 1. The molecule has 2 rings (SSSR count). The largest absolute Gasteiger partial charge is 0.394 e. The van der Waals surface area contributed by atoms with Gasteiger partial charge in [0.15, 0.2) is 0 Å². The molecular formula is C16H16Cl2FNO. The van der Waals surface area contributed by atoms with Crippen molar-refractivity contribution in [2.75, 3.05) is 11.9 Å². The minimum atomic E-state index is -0.845. The number of aliphatic hydroxyl groups is 1. The fourth-order valence-corrected chi connectivity index (χ4v) is 2.87. The highest BCUT2D eigenvalue weighted by molar-refractivity contribution is 6.35. The van der Waals surface area contributed by atoms with Gasteiger partial charge in [-0.15, -0.1) is 0 Å². The molecule has 0 saturated heterocycles. The first-order valence-corrected chi connectivity index (χ1v) is 7.21. The Morgan fingerprint density at radius 3 is 2.48 bits per heavy atom. The molecule has 21 heavy (non-hydrogen) atoms. The van der Waals surface area contributed by atoms with E-state index in [0.29, 0.717) is 21.3 Å². The SMILES string of the molecule is Cc1cc(F)cc(NC(C)(CO)c2ccc(Cl)cc2Cl)c1. The molecule has 5 heteroatoms. The second-order valence-corrected chi connectivity index (χ2v) is 6.10. The number of benzene rings is 2. The molecule has 1 unspecified atom stereocenters. The Labute approximate surface area is 133 Å². The molecule has 2 aromatic rings. The number of hydrogen-bond donors (Lipinski definition) is 2. The van der Waals surface area contributed by atoms with Crippen molar-refractivity contribution in [2.24, 2.45) is 0 Å². The van der Waals surface area contributed by atoms with Crippen molar-refractivity contribution in [3.05, 3.63) is 63.4 Å². The third-order valence-corrected chi connectivity index (χ3v) is 3.85. The predicted octanol–water partition coefficient (Wildman–Crippen LogP) is 4.76. The van der Waals surface area contributed by atoms with Crippen LogP contribution in [0.5, 0.6) is 0 Å². The molecule has 0 saturated carbocycles. The molecule has 0 aliphatic heterocycles. The Morgan fingerprint density at radius 2 is 1.90 bits per heavy atom. The molecule has 0 amide bonds. The van der Waals surface area contributed by atoms with Crippen molar-refractivity contribution in [3.63, 3.8) is 0 Å². The first-order chi connectivity index (χ1) is 9.84. The van der Waals surface area contributed by atoms with Crippen LogP contribution in [0.1, 0.15) is 18.1 Å². The van der Waals surface area contributed by atoms with Crippen LogP contribution in [0.15, 0.2) is 36.4 Å². The zero-order valence-electron chi connectivity index (χ0n) is 11.8. The lowest BCUT2D eigenvalue weighted by molar-refractivity contribution is 0.224. The Balaban J connectivity index is 2.41. The van der Waals surface area contributed by atoms with Crippen LogP contribution < -0.4 is 5.32 Å². The van der Waals surface area contributed by atoms with Gasteiger partial charge in [-0.1, -0.05) is 29.3 Å². The van der Waals surface area contributed by atoms with Crippen molar-refractivity contribution >= 4 is 28.9 Å². The maximum absolute atomic E-state index is 13.5. The molecule has 1 atom stereocenters. The summed E-state index contributed by atoms with van der Waals surface area (Å²) >= 11 is 12.1. The van der Waals surface area contributed by atoms with Crippen molar-refractivity contribution < 1.29 is 9.50 Å². The average Bonchev–Trinajstić information content (AvgIpc) is 2.37. The van der Waals surface area contributed by atoms with E-state index >= 15 is 0 Å². The second kappa shape index (κ2) is 6.22. The smallest absolute Gasteiger partial charge is 0.125 e. The molecular weight excluding hydrogens is 312 g/mol. The summed E-state index contributed by atoms with van der Waals surface area (Å²) in [6, 6.07) is 9.70. The van der Waals surface area contributed by atoms with Crippen LogP contribution in [-0.2, 0) is 5.54 Å². The third kappa shape index (κ3) is 3.67. The lowest BCUT2D eigenvalue weighted by Gasteiger charge is -2.31. The molecule has 0 fully saturated rings. The van der Waals surface area contributed by atoms with Gasteiger partial charge >= 0.3 is 0 Å². The zero-order chi connectivity index (χ0) is 15.6. The van der Waals surface area contributed by atoms with Crippen LogP contribution >= 0.6 is 23.2 Å². The highest BCUT2D eigenvalue weighted by atomic mass is 35.5. The zero-order valence-corrected chi connectivity index (χ0v) is 13.3. The first kappa shape index (κ1) is 16.1. The topological polar surface area (TPSA) is 32.3 Å². The summed E-state index contributed by atoms with van der Waals surface area (Å²) in [5.74, 6) is -0.333. The summed E-state index contributed by atoms with van der Waals surface area (Å²) in [6.45, 7) is 3.39. The first-order valence-electron chi connectivity index (χ1n) is 6.46. The van der Waals surface area contributed by atoms with Gasteiger partial charge in [0.1, 0.15) is 5.82 Å². The van der Waals surface area contributed by atoms with Crippen molar-refractivity contribution in [2.45, 2.75) is 19.4 Å². The number of halogens is 3. The van der Waals surface area contributed by atoms with Gasteiger partial charge in [0, 0.05) is 15.7 Å².